The zero-order valence-electron chi connectivity index (χ0n) is 20.1. The molecular formula is C34H27ClS. The molecular weight excluding hydrogens is 476 g/mol. The van der Waals surface area contributed by atoms with Crippen molar-refractivity contribution in [3.8, 4) is 22.3 Å². The first kappa shape index (κ1) is 20.4. The number of hydrogen-bond donors (Lipinski definition) is 0. The van der Waals surface area contributed by atoms with Gasteiger partial charge in [-0.1, -0.05) is 60.1 Å². The Bertz CT molecular complexity index is 1690. The number of rotatable bonds is 1. The highest BCUT2D eigenvalue weighted by molar-refractivity contribution is 7.25. The molecule has 0 saturated heterocycles. The maximum Gasteiger partial charge on any atom is 0.0412 e. The summed E-state index contributed by atoms with van der Waals surface area (Å²) in [4.78, 5) is 0. The standard InChI is InChI=1S/C34H27ClS/c35-24-9-11-29-28(18-24)26-10-8-21(25-5-3-7-32-33(25)27-4-1-2-6-31(27)36-32)17-30(26)34(29)22-13-19-12-20(15-22)16-23(34)14-19/h1-11,17-20,22-23H,12-16H2. The van der Waals surface area contributed by atoms with Crippen LogP contribution < -0.4 is 0 Å². The Morgan fingerprint density at radius 3 is 2.25 bits per heavy atom. The molecule has 5 aliphatic rings. The number of hydrogen-bond acceptors (Lipinski definition) is 1. The maximum absolute atomic E-state index is 6.60. The molecule has 0 amide bonds. The first-order valence-corrected chi connectivity index (χ1v) is 14.7. The molecule has 0 unspecified atom stereocenters. The van der Waals surface area contributed by atoms with E-state index in [4.69, 9.17) is 11.6 Å². The summed E-state index contributed by atoms with van der Waals surface area (Å²) in [5, 5.41) is 3.66. The van der Waals surface area contributed by atoms with Gasteiger partial charge in [-0.3, -0.25) is 0 Å². The summed E-state index contributed by atoms with van der Waals surface area (Å²) in [6, 6.07) is 30.0. The molecule has 4 bridgehead atoms. The first-order valence-electron chi connectivity index (χ1n) is 13.6. The third-order valence-corrected chi connectivity index (χ3v) is 11.7. The van der Waals surface area contributed by atoms with Gasteiger partial charge >= 0.3 is 0 Å². The topological polar surface area (TPSA) is 0 Å². The van der Waals surface area contributed by atoms with Gasteiger partial charge in [-0.25, -0.2) is 0 Å². The lowest BCUT2D eigenvalue weighted by molar-refractivity contribution is -0.0399. The molecule has 0 atom stereocenters. The van der Waals surface area contributed by atoms with E-state index in [1.54, 1.807) is 11.1 Å². The molecule has 176 valence electrons. The summed E-state index contributed by atoms with van der Waals surface area (Å²) in [5.74, 6) is 3.44. The molecule has 0 radical (unpaired) electrons. The average molecular weight is 503 g/mol. The van der Waals surface area contributed by atoms with E-state index in [0.29, 0.717) is 0 Å². The Morgan fingerprint density at radius 1 is 0.639 bits per heavy atom. The van der Waals surface area contributed by atoms with Crippen molar-refractivity contribution in [1.82, 2.24) is 0 Å². The minimum atomic E-state index is 0.170. The van der Waals surface area contributed by atoms with E-state index >= 15 is 0 Å². The molecule has 0 aliphatic heterocycles. The SMILES string of the molecule is Clc1ccc2c(c1)-c1ccc(-c3cccc4sc5ccccc5c34)cc1C21C2CC3CC(C2)CC1C3. The van der Waals surface area contributed by atoms with Crippen molar-refractivity contribution < 1.29 is 0 Å². The zero-order valence-corrected chi connectivity index (χ0v) is 21.7. The van der Waals surface area contributed by atoms with Crippen LogP contribution in [0.5, 0.6) is 0 Å². The predicted molar refractivity (Wildman–Crippen MR) is 153 cm³/mol. The lowest BCUT2D eigenvalue weighted by Gasteiger charge is -2.61. The zero-order chi connectivity index (χ0) is 23.6. The number of benzene rings is 4. The number of fused-ring (bicyclic) bond motifs is 6. The van der Waals surface area contributed by atoms with Gasteiger partial charge in [0.1, 0.15) is 0 Å². The van der Waals surface area contributed by atoms with E-state index in [1.165, 1.54) is 74.5 Å². The van der Waals surface area contributed by atoms with Gasteiger partial charge in [0, 0.05) is 30.6 Å². The largest absolute Gasteiger partial charge is 0.135 e. The Labute approximate surface area is 220 Å². The molecule has 0 nitrogen and oxygen atoms in total. The van der Waals surface area contributed by atoms with Crippen LogP contribution in [0, 0.1) is 23.7 Å². The van der Waals surface area contributed by atoms with E-state index in [0.717, 1.165) is 28.7 Å². The van der Waals surface area contributed by atoms with E-state index in [-0.39, 0.29) is 5.41 Å². The third-order valence-electron chi connectivity index (χ3n) is 10.3. The summed E-state index contributed by atoms with van der Waals surface area (Å²) in [7, 11) is 0. The molecule has 2 heteroatoms. The third kappa shape index (κ3) is 2.47. The Balaban J connectivity index is 1.33. The van der Waals surface area contributed by atoms with Crippen LogP contribution in [0.25, 0.3) is 42.4 Å². The summed E-state index contributed by atoms with van der Waals surface area (Å²) < 4.78 is 2.76. The molecule has 1 spiro atoms. The van der Waals surface area contributed by atoms with Gasteiger partial charge < -0.3 is 0 Å². The monoisotopic (exact) mass is 502 g/mol. The summed E-state index contributed by atoms with van der Waals surface area (Å²) in [5.41, 5.74) is 8.93. The fraction of sp³-hybridized carbons (Fsp3) is 0.294. The highest BCUT2D eigenvalue weighted by atomic mass is 35.5. The molecule has 36 heavy (non-hydrogen) atoms. The van der Waals surface area contributed by atoms with E-state index in [2.05, 4.69) is 78.9 Å². The summed E-state index contributed by atoms with van der Waals surface area (Å²) in [6.45, 7) is 0. The molecule has 1 aromatic heterocycles. The lowest BCUT2D eigenvalue weighted by atomic mass is 9.43. The minimum Gasteiger partial charge on any atom is -0.135 e. The van der Waals surface area contributed by atoms with Gasteiger partial charge in [0.2, 0.25) is 0 Å². The van der Waals surface area contributed by atoms with Crippen LogP contribution in [-0.2, 0) is 5.41 Å². The van der Waals surface area contributed by atoms with Crippen molar-refractivity contribution >= 4 is 43.1 Å². The number of halogens is 1. The highest BCUT2D eigenvalue weighted by Gasteiger charge is 2.61. The molecule has 4 fully saturated rings. The van der Waals surface area contributed by atoms with Crippen LogP contribution in [-0.4, -0.2) is 0 Å². The minimum absolute atomic E-state index is 0.170. The second kappa shape index (κ2) is 7.03. The second-order valence-electron chi connectivity index (χ2n) is 11.9. The van der Waals surface area contributed by atoms with E-state index < -0.39 is 0 Å². The summed E-state index contributed by atoms with van der Waals surface area (Å²) in [6.07, 6.45) is 7.11. The number of thiophene rings is 1. The highest BCUT2D eigenvalue weighted by Crippen LogP contribution is 2.69. The predicted octanol–water partition coefficient (Wildman–Crippen LogP) is 10.1. The van der Waals surface area contributed by atoms with Crippen molar-refractivity contribution in [2.75, 3.05) is 0 Å². The van der Waals surface area contributed by atoms with Gasteiger partial charge in [-0.2, -0.15) is 0 Å². The Hall–Kier alpha value is -2.61. The van der Waals surface area contributed by atoms with Crippen molar-refractivity contribution in [2.24, 2.45) is 23.7 Å². The van der Waals surface area contributed by atoms with Crippen molar-refractivity contribution in [2.45, 2.75) is 37.5 Å². The van der Waals surface area contributed by atoms with Gasteiger partial charge in [0.05, 0.1) is 0 Å². The van der Waals surface area contributed by atoms with E-state index in [1.807, 2.05) is 11.3 Å². The van der Waals surface area contributed by atoms with Crippen LogP contribution in [0.3, 0.4) is 0 Å². The molecule has 4 saturated carbocycles. The molecule has 4 aromatic carbocycles. The van der Waals surface area contributed by atoms with Gasteiger partial charge in [-0.05, 0) is 119 Å². The van der Waals surface area contributed by atoms with Crippen LogP contribution in [0.2, 0.25) is 5.02 Å². The fourth-order valence-electron chi connectivity index (χ4n) is 9.36. The normalized spacial score (nSPS) is 29.4. The molecule has 5 aromatic rings. The lowest BCUT2D eigenvalue weighted by Crippen LogP contribution is -2.55. The van der Waals surface area contributed by atoms with Gasteiger partial charge in [0.15, 0.2) is 0 Å². The fourth-order valence-corrected chi connectivity index (χ4v) is 10.7. The van der Waals surface area contributed by atoms with Gasteiger partial charge in [0.25, 0.3) is 0 Å². The van der Waals surface area contributed by atoms with Crippen molar-refractivity contribution in [1.29, 1.82) is 0 Å². The van der Waals surface area contributed by atoms with Crippen molar-refractivity contribution in [3.63, 3.8) is 0 Å². The van der Waals surface area contributed by atoms with Crippen LogP contribution in [0.4, 0.5) is 0 Å². The van der Waals surface area contributed by atoms with Crippen LogP contribution in [0.15, 0.2) is 78.9 Å². The van der Waals surface area contributed by atoms with Gasteiger partial charge in [-0.15, -0.1) is 11.3 Å². The smallest absolute Gasteiger partial charge is 0.0412 e. The first-order chi connectivity index (χ1) is 17.7. The quantitative estimate of drug-likeness (QED) is 0.214. The van der Waals surface area contributed by atoms with Crippen LogP contribution >= 0.6 is 22.9 Å². The Kier molecular flexibility index (Phi) is 3.99. The average Bonchev–Trinajstić information content (AvgIpc) is 3.40. The van der Waals surface area contributed by atoms with E-state index in [9.17, 15) is 0 Å². The molecule has 5 aliphatic carbocycles. The molecule has 1 heterocycles. The Morgan fingerprint density at radius 2 is 1.42 bits per heavy atom. The maximum atomic E-state index is 6.60. The second-order valence-corrected chi connectivity index (χ2v) is 13.4. The van der Waals surface area contributed by atoms with Crippen molar-refractivity contribution in [3.05, 3.63) is 95.0 Å². The molecule has 0 N–H and O–H groups in total. The molecule has 10 rings (SSSR count). The van der Waals surface area contributed by atoms with Crippen LogP contribution in [0.1, 0.15) is 43.2 Å². The summed E-state index contributed by atoms with van der Waals surface area (Å²) >= 11 is 8.52.